The second kappa shape index (κ2) is 5.55. The lowest BCUT2D eigenvalue weighted by Gasteiger charge is -2.10. The van der Waals surface area contributed by atoms with Crippen molar-refractivity contribution < 1.29 is 0 Å². The first kappa shape index (κ1) is 13.1. The normalized spacial score (nSPS) is 10.9. The van der Waals surface area contributed by atoms with Gasteiger partial charge in [0.2, 0.25) is 0 Å². The van der Waals surface area contributed by atoms with Gasteiger partial charge in [0.1, 0.15) is 5.82 Å². The molecule has 2 N–H and O–H groups in total. The average molecular weight is 355 g/mol. The molecule has 0 aromatic carbocycles. The maximum atomic E-state index is 5.92. The van der Waals surface area contributed by atoms with Crippen LogP contribution in [0.25, 0.3) is 11.6 Å². The molecule has 0 spiro atoms. The van der Waals surface area contributed by atoms with Crippen molar-refractivity contribution in [2.75, 3.05) is 5.73 Å². The number of hydrogen-bond donors (Lipinski definition) is 1. The van der Waals surface area contributed by atoms with E-state index in [4.69, 9.17) is 5.73 Å². The maximum absolute atomic E-state index is 5.92. The van der Waals surface area contributed by atoms with Crippen molar-refractivity contribution >= 4 is 28.4 Å². The minimum Gasteiger partial charge on any atom is -0.383 e. The smallest absolute Gasteiger partial charge is 0.199 e. The van der Waals surface area contributed by atoms with E-state index in [2.05, 4.69) is 56.4 Å². The van der Waals surface area contributed by atoms with Gasteiger partial charge < -0.3 is 5.73 Å². The van der Waals surface area contributed by atoms with E-state index in [0.717, 1.165) is 15.7 Å². The van der Waals surface area contributed by atoms with Crippen molar-refractivity contribution in [3.63, 3.8) is 0 Å². The van der Waals surface area contributed by atoms with Crippen LogP contribution >= 0.6 is 22.6 Å². The molecule has 0 aliphatic heterocycles. The van der Waals surface area contributed by atoms with Crippen molar-refractivity contribution in [3.8, 4) is 11.6 Å². The summed E-state index contributed by atoms with van der Waals surface area (Å²) in [5.41, 5.74) is 6.88. The SMILES string of the molecule is CC(C)Cc1nc(-c2ncccn2)nc(N)c1I. The zero-order valence-corrected chi connectivity index (χ0v) is 12.4. The van der Waals surface area contributed by atoms with E-state index < -0.39 is 0 Å². The summed E-state index contributed by atoms with van der Waals surface area (Å²) in [6, 6.07) is 1.76. The summed E-state index contributed by atoms with van der Waals surface area (Å²) in [4.78, 5) is 17.1. The lowest BCUT2D eigenvalue weighted by molar-refractivity contribution is 0.632. The minimum atomic E-state index is 0.490. The summed E-state index contributed by atoms with van der Waals surface area (Å²) in [6.07, 6.45) is 4.20. The Bertz CT molecular complexity index is 542. The van der Waals surface area contributed by atoms with Crippen molar-refractivity contribution in [1.29, 1.82) is 0 Å². The summed E-state index contributed by atoms with van der Waals surface area (Å²) in [6.45, 7) is 4.29. The van der Waals surface area contributed by atoms with Gasteiger partial charge in [-0.15, -0.1) is 0 Å². The molecule has 6 heteroatoms. The molecule has 0 aliphatic carbocycles. The Labute approximate surface area is 119 Å². The first-order valence-electron chi connectivity index (χ1n) is 5.67. The Kier molecular flexibility index (Phi) is 4.05. The fourth-order valence-electron chi connectivity index (χ4n) is 1.55. The van der Waals surface area contributed by atoms with Gasteiger partial charge in [0.05, 0.1) is 9.26 Å². The Morgan fingerprint density at radius 1 is 1.17 bits per heavy atom. The molecule has 18 heavy (non-hydrogen) atoms. The quantitative estimate of drug-likeness (QED) is 0.855. The largest absolute Gasteiger partial charge is 0.383 e. The molecule has 0 radical (unpaired) electrons. The van der Waals surface area contributed by atoms with Crippen LogP contribution in [0.3, 0.4) is 0 Å². The van der Waals surface area contributed by atoms with Crippen LogP contribution in [0.5, 0.6) is 0 Å². The molecule has 0 atom stereocenters. The standard InChI is InChI=1S/C12H14IN5/c1-7(2)6-8-9(13)10(14)18-12(17-8)11-15-4-3-5-16-11/h3-5,7H,6H2,1-2H3,(H2,14,17,18). The topological polar surface area (TPSA) is 77.6 Å². The number of nitrogens with two attached hydrogens (primary N) is 1. The van der Waals surface area contributed by atoms with Crippen LogP contribution in [0, 0.1) is 9.49 Å². The molecule has 94 valence electrons. The Morgan fingerprint density at radius 3 is 2.44 bits per heavy atom. The van der Waals surface area contributed by atoms with Gasteiger partial charge in [-0.25, -0.2) is 19.9 Å². The van der Waals surface area contributed by atoms with E-state index >= 15 is 0 Å². The molecular formula is C12H14IN5. The Hall–Kier alpha value is -1.31. The fourth-order valence-corrected chi connectivity index (χ4v) is 2.01. The van der Waals surface area contributed by atoms with Crippen LogP contribution in [-0.4, -0.2) is 19.9 Å². The first-order valence-corrected chi connectivity index (χ1v) is 6.75. The van der Waals surface area contributed by atoms with E-state index in [0.29, 0.717) is 23.4 Å². The average Bonchev–Trinajstić information content (AvgIpc) is 2.35. The van der Waals surface area contributed by atoms with Gasteiger partial charge in [0.15, 0.2) is 11.6 Å². The first-order chi connectivity index (χ1) is 8.58. The molecule has 5 nitrogen and oxygen atoms in total. The van der Waals surface area contributed by atoms with Crippen LogP contribution in [0.2, 0.25) is 0 Å². The zero-order valence-electron chi connectivity index (χ0n) is 10.3. The van der Waals surface area contributed by atoms with Crippen molar-refractivity contribution in [2.24, 2.45) is 5.92 Å². The van der Waals surface area contributed by atoms with Crippen molar-refractivity contribution in [3.05, 3.63) is 27.7 Å². The fraction of sp³-hybridized carbons (Fsp3) is 0.333. The molecule has 2 aromatic rings. The lowest BCUT2D eigenvalue weighted by Crippen LogP contribution is -2.08. The highest BCUT2D eigenvalue weighted by molar-refractivity contribution is 14.1. The van der Waals surface area contributed by atoms with Crippen molar-refractivity contribution in [2.45, 2.75) is 20.3 Å². The molecule has 0 amide bonds. The van der Waals surface area contributed by atoms with Crippen LogP contribution < -0.4 is 5.73 Å². The number of anilines is 1. The van der Waals surface area contributed by atoms with Gasteiger partial charge in [-0.3, -0.25) is 0 Å². The molecule has 0 bridgehead atoms. The molecule has 2 rings (SSSR count). The van der Waals surface area contributed by atoms with Gasteiger partial charge in [0, 0.05) is 12.4 Å². The molecule has 0 saturated heterocycles. The number of nitrogens with zero attached hydrogens (tertiary/aromatic N) is 4. The summed E-state index contributed by atoms with van der Waals surface area (Å²) >= 11 is 2.18. The van der Waals surface area contributed by atoms with Crippen LogP contribution in [0.4, 0.5) is 5.82 Å². The molecule has 0 fully saturated rings. The number of rotatable bonds is 3. The maximum Gasteiger partial charge on any atom is 0.199 e. The number of hydrogen-bond acceptors (Lipinski definition) is 5. The van der Waals surface area contributed by atoms with E-state index in [-0.39, 0.29) is 0 Å². The van der Waals surface area contributed by atoms with Gasteiger partial charge >= 0.3 is 0 Å². The summed E-state index contributed by atoms with van der Waals surface area (Å²) in [7, 11) is 0. The Balaban J connectivity index is 2.47. The highest BCUT2D eigenvalue weighted by Crippen LogP contribution is 2.22. The molecule has 0 unspecified atom stereocenters. The van der Waals surface area contributed by atoms with E-state index in [1.807, 2.05) is 0 Å². The number of nitrogen functional groups attached to an aromatic ring is 1. The second-order valence-corrected chi connectivity index (χ2v) is 5.44. The number of halogens is 1. The highest BCUT2D eigenvalue weighted by atomic mass is 127. The van der Waals surface area contributed by atoms with Crippen molar-refractivity contribution in [1.82, 2.24) is 19.9 Å². The summed E-state index contributed by atoms with van der Waals surface area (Å²) in [5.74, 6) is 2.00. The predicted octanol–water partition coefficient (Wildman–Crippen LogP) is 2.32. The third-order valence-corrected chi connectivity index (χ3v) is 3.49. The van der Waals surface area contributed by atoms with Gasteiger partial charge in [-0.2, -0.15) is 0 Å². The third-order valence-electron chi connectivity index (χ3n) is 2.31. The summed E-state index contributed by atoms with van der Waals surface area (Å²) < 4.78 is 0.918. The summed E-state index contributed by atoms with van der Waals surface area (Å²) in [5, 5.41) is 0. The van der Waals surface area contributed by atoms with E-state index in [1.165, 1.54) is 0 Å². The monoisotopic (exact) mass is 355 g/mol. The van der Waals surface area contributed by atoms with E-state index in [1.54, 1.807) is 18.5 Å². The molecular weight excluding hydrogens is 341 g/mol. The minimum absolute atomic E-state index is 0.490. The molecule has 2 aromatic heterocycles. The Morgan fingerprint density at radius 2 is 1.83 bits per heavy atom. The molecule has 0 aliphatic rings. The van der Waals surface area contributed by atoms with E-state index in [9.17, 15) is 0 Å². The zero-order chi connectivity index (χ0) is 13.1. The highest BCUT2D eigenvalue weighted by Gasteiger charge is 2.13. The third kappa shape index (κ3) is 2.92. The number of aromatic nitrogens is 4. The predicted molar refractivity (Wildman–Crippen MR) is 78.7 cm³/mol. The van der Waals surface area contributed by atoms with Crippen LogP contribution in [0.1, 0.15) is 19.5 Å². The van der Waals surface area contributed by atoms with Gasteiger partial charge in [-0.05, 0) is 41.0 Å². The molecule has 2 heterocycles. The van der Waals surface area contributed by atoms with Gasteiger partial charge in [0.25, 0.3) is 0 Å². The van der Waals surface area contributed by atoms with Crippen LogP contribution in [-0.2, 0) is 6.42 Å². The van der Waals surface area contributed by atoms with Crippen LogP contribution in [0.15, 0.2) is 18.5 Å². The second-order valence-electron chi connectivity index (χ2n) is 4.36. The van der Waals surface area contributed by atoms with Gasteiger partial charge in [-0.1, -0.05) is 13.8 Å². The lowest BCUT2D eigenvalue weighted by atomic mass is 10.1. The molecule has 0 saturated carbocycles.